The van der Waals surface area contributed by atoms with Crippen molar-refractivity contribution in [2.45, 2.75) is 33.6 Å². The highest BCUT2D eigenvalue weighted by atomic mass is 16.5. The fourth-order valence-corrected chi connectivity index (χ4v) is 7.29. The van der Waals surface area contributed by atoms with E-state index in [9.17, 15) is 19.2 Å². The first kappa shape index (κ1) is 44.1. The average Bonchev–Trinajstić information content (AvgIpc) is 3.32. The summed E-state index contributed by atoms with van der Waals surface area (Å²) in [7, 11) is 1.67. The number of carbonyl (C=O) groups excluding carboxylic acids is 4. The van der Waals surface area contributed by atoms with E-state index in [1.807, 2.05) is 44.2 Å². The van der Waals surface area contributed by atoms with Crippen molar-refractivity contribution in [1.29, 1.82) is 0 Å². The van der Waals surface area contributed by atoms with Crippen LogP contribution in [0, 0.1) is 13.8 Å². The minimum absolute atomic E-state index is 0.0321. The fraction of sp³-hybridized carbons (Fsp3) is 0.107. The Hall–Kier alpha value is -8.50. The second-order valence-corrected chi connectivity index (χ2v) is 15.6. The van der Waals surface area contributed by atoms with Crippen molar-refractivity contribution in [2.24, 2.45) is 0 Å². The van der Waals surface area contributed by atoms with Gasteiger partial charge in [-0.3, -0.25) is 4.79 Å². The molecule has 0 aliphatic rings. The van der Waals surface area contributed by atoms with Crippen LogP contribution in [0.2, 0.25) is 0 Å². The molecular formula is C56H44O10. The summed E-state index contributed by atoms with van der Waals surface area (Å²) < 4.78 is 34.5. The molecule has 0 spiro atoms. The van der Waals surface area contributed by atoms with Crippen LogP contribution >= 0.6 is 0 Å². The van der Waals surface area contributed by atoms with Crippen molar-refractivity contribution in [3.63, 3.8) is 0 Å². The zero-order valence-corrected chi connectivity index (χ0v) is 36.8. The first-order valence-corrected chi connectivity index (χ1v) is 21.1. The lowest BCUT2D eigenvalue weighted by molar-refractivity contribution is 0.0724. The first-order chi connectivity index (χ1) is 31.9. The number of carbonyl (C=O) groups is 4. The summed E-state index contributed by atoms with van der Waals surface area (Å²) in [6, 6.07) is 48.8. The van der Waals surface area contributed by atoms with Crippen molar-refractivity contribution < 1.29 is 47.6 Å². The van der Waals surface area contributed by atoms with Crippen LogP contribution < -0.4 is 28.4 Å². The van der Waals surface area contributed by atoms with Gasteiger partial charge < -0.3 is 28.4 Å². The van der Waals surface area contributed by atoms with Crippen LogP contribution in [-0.4, -0.2) is 30.8 Å². The molecule has 0 radical (unpaired) electrons. The Morgan fingerprint density at radius 2 is 0.848 bits per heavy atom. The standard InChI is InChI=1S/C56H44O10/c1-34-31-42(17-29-51(34)61-5)36(3)43-18-30-52(35(2)32-43)65-55(59)40-13-23-48(24-14-40)63-46-21-11-39(12-22-46)54(58)64-49-27-28-50-44(33-49)7-6-8-53(50)66-56(60)41-15-25-47(26-16-41)62-45-19-9-38(10-20-45)37(4)57/h6-33,36H,1-5H3. The smallest absolute Gasteiger partial charge is 0.343 e. The van der Waals surface area contributed by atoms with E-state index in [4.69, 9.17) is 28.4 Å². The predicted molar refractivity (Wildman–Crippen MR) is 251 cm³/mol. The monoisotopic (exact) mass is 876 g/mol. The lowest BCUT2D eigenvalue weighted by Gasteiger charge is -2.16. The third-order valence-corrected chi connectivity index (χ3v) is 11.0. The van der Waals surface area contributed by atoms with Gasteiger partial charge in [0, 0.05) is 16.9 Å². The normalized spacial score (nSPS) is 11.3. The van der Waals surface area contributed by atoms with Gasteiger partial charge in [0.15, 0.2) is 5.78 Å². The molecule has 1 unspecified atom stereocenters. The molecule has 10 nitrogen and oxygen atoms in total. The molecule has 0 aliphatic heterocycles. The topological polar surface area (TPSA) is 124 Å². The third kappa shape index (κ3) is 10.3. The quantitative estimate of drug-likeness (QED) is 0.0592. The van der Waals surface area contributed by atoms with E-state index in [1.165, 1.54) is 12.5 Å². The average molecular weight is 877 g/mol. The van der Waals surface area contributed by atoms with Crippen LogP contribution in [0.3, 0.4) is 0 Å². The van der Waals surface area contributed by atoms with Crippen molar-refractivity contribution in [1.82, 2.24) is 0 Å². The van der Waals surface area contributed by atoms with E-state index in [2.05, 4.69) is 19.1 Å². The lowest BCUT2D eigenvalue weighted by atomic mass is 9.91. The van der Waals surface area contributed by atoms with E-state index in [0.29, 0.717) is 73.3 Å². The molecule has 0 aromatic heterocycles. The first-order valence-electron chi connectivity index (χ1n) is 21.1. The molecule has 0 saturated carbocycles. The lowest BCUT2D eigenvalue weighted by Crippen LogP contribution is -2.09. The SMILES string of the molecule is COc1ccc(C(C)c2ccc(OC(=O)c3ccc(Oc4ccc(C(=O)Oc5ccc6c(OC(=O)c7ccc(Oc8ccc(C(C)=O)cc8)cc7)cccc6c5)cc4)cc3)c(C)c2)cc1C. The second-order valence-electron chi connectivity index (χ2n) is 15.6. The molecule has 8 aromatic carbocycles. The number of hydrogen-bond acceptors (Lipinski definition) is 10. The van der Waals surface area contributed by atoms with Crippen LogP contribution in [0.25, 0.3) is 10.8 Å². The van der Waals surface area contributed by atoms with Gasteiger partial charge in [-0.2, -0.15) is 0 Å². The molecule has 8 rings (SSSR count). The molecule has 328 valence electrons. The Morgan fingerprint density at radius 3 is 1.30 bits per heavy atom. The van der Waals surface area contributed by atoms with Gasteiger partial charge >= 0.3 is 17.9 Å². The summed E-state index contributed by atoms with van der Waals surface area (Å²) in [6.45, 7) is 7.59. The number of ketones is 1. The van der Waals surface area contributed by atoms with Crippen LogP contribution in [0.15, 0.2) is 170 Å². The van der Waals surface area contributed by atoms with Gasteiger partial charge in [-0.15, -0.1) is 0 Å². The third-order valence-electron chi connectivity index (χ3n) is 11.0. The molecule has 8 aromatic rings. The van der Waals surface area contributed by atoms with Gasteiger partial charge in [-0.05, 0) is 182 Å². The summed E-state index contributed by atoms with van der Waals surface area (Å²) in [5, 5.41) is 1.35. The zero-order valence-electron chi connectivity index (χ0n) is 36.8. The van der Waals surface area contributed by atoms with Crippen molar-refractivity contribution in [3.05, 3.63) is 214 Å². The molecule has 0 heterocycles. The van der Waals surface area contributed by atoms with Crippen LogP contribution in [0.4, 0.5) is 0 Å². The maximum atomic E-state index is 13.1. The number of benzene rings is 8. The summed E-state index contributed by atoms with van der Waals surface area (Å²) in [5.41, 5.74) is 5.77. The summed E-state index contributed by atoms with van der Waals surface area (Å²) in [5.74, 6) is 2.51. The largest absolute Gasteiger partial charge is 0.496 e. The molecular weight excluding hydrogens is 833 g/mol. The van der Waals surface area contributed by atoms with E-state index < -0.39 is 17.9 Å². The number of hydrogen-bond donors (Lipinski definition) is 0. The molecule has 1 atom stereocenters. The van der Waals surface area contributed by atoms with Crippen LogP contribution in [0.5, 0.6) is 46.0 Å². The van der Waals surface area contributed by atoms with Gasteiger partial charge in [0.1, 0.15) is 46.0 Å². The highest BCUT2D eigenvalue weighted by molar-refractivity contribution is 5.97. The van der Waals surface area contributed by atoms with Gasteiger partial charge in [-0.1, -0.05) is 43.3 Å². The second kappa shape index (κ2) is 19.5. The van der Waals surface area contributed by atoms with Gasteiger partial charge in [0.2, 0.25) is 0 Å². The summed E-state index contributed by atoms with van der Waals surface area (Å²) in [4.78, 5) is 50.9. The summed E-state index contributed by atoms with van der Waals surface area (Å²) in [6.07, 6.45) is 0. The van der Waals surface area contributed by atoms with E-state index >= 15 is 0 Å². The molecule has 0 saturated heterocycles. The Kier molecular flexibility index (Phi) is 13.0. The molecule has 0 bridgehead atoms. The molecule has 0 fully saturated rings. The van der Waals surface area contributed by atoms with Gasteiger partial charge in [-0.25, -0.2) is 14.4 Å². The van der Waals surface area contributed by atoms with Crippen LogP contribution in [0.1, 0.15) is 83.5 Å². The van der Waals surface area contributed by atoms with E-state index in [1.54, 1.807) is 135 Å². The Balaban J connectivity index is 0.831. The number of ether oxygens (including phenoxy) is 6. The molecule has 0 N–H and O–H groups in total. The van der Waals surface area contributed by atoms with Crippen LogP contribution in [-0.2, 0) is 0 Å². The molecule has 66 heavy (non-hydrogen) atoms. The predicted octanol–water partition coefficient (Wildman–Crippen LogP) is 13.1. The number of esters is 3. The highest BCUT2D eigenvalue weighted by Crippen LogP contribution is 2.33. The van der Waals surface area contributed by atoms with Crippen molar-refractivity contribution in [2.75, 3.05) is 7.11 Å². The number of Topliss-reactive ketones (excluding diaryl/α,β-unsaturated/α-hetero) is 1. The fourth-order valence-electron chi connectivity index (χ4n) is 7.29. The molecule has 0 amide bonds. The minimum Gasteiger partial charge on any atom is -0.496 e. The van der Waals surface area contributed by atoms with Gasteiger partial charge in [0.05, 0.1) is 23.8 Å². The Labute approximate surface area is 381 Å². The maximum Gasteiger partial charge on any atom is 0.343 e. The maximum absolute atomic E-state index is 13.1. The number of rotatable bonds is 14. The van der Waals surface area contributed by atoms with Crippen molar-refractivity contribution in [3.8, 4) is 46.0 Å². The Bertz CT molecular complexity index is 3080. The van der Waals surface area contributed by atoms with Gasteiger partial charge in [0.25, 0.3) is 0 Å². The Morgan fingerprint density at radius 1 is 0.424 bits per heavy atom. The highest BCUT2D eigenvalue weighted by Gasteiger charge is 2.17. The number of aryl methyl sites for hydroxylation is 2. The van der Waals surface area contributed by atoms with Crippen molar-refractivity contribution >= 4 is 34.5 Å². The number of methoxy groups -OCH3 is 1. The molecule has 0 aliphatic carbocycles. The van der Waals surface area contributed by atoms with E-state index in [0.717, 1.165) is 22.4 Å². The van der Waals surface area contributed by atoms with E-state index in [-0.39, 0.29) is 11.7 Å². The minimum atomic E-state index is -0.571. The summed E-state index contributed by atoms with van der Waals surface area (Å²) >= 11 is 0. The number of fused-ring (bicyclic) bond motifs is 1. The molecule has 10 heteroatoms. The zero-order chi connectivity index (χ0) is 46.3.